The highest BCUT2D eigenvalue weighted by atomic mass is 16.5. The molecule has 0 atom stereocenters. The fraction of sp³-hybridized carbons (Fsp3) is 0.300. The molecule has 2 aromatic heterocycles. The highest BCUT2D eigenvalue weighted by Gasteiger charge is 2.12. The lowest BCUT2D eigenvalue weighted by atomic mass is 10.1. The van der Waals surface area contributed by atoms with Crippen LogP contribution >= 0.6 is 0 Å². The van der Waals surface area contributed by atoms with Gasteiger partial charge >= 0.3 is 0 Å². The number of ether oxygens (including phenoxy) is 1. The fourth-order valence-electron chi connectivity index (χ4n) is 2.86. The highest BCUT2D eigenvalue weighted by molar-refractivity contribution is 5.94. The van der Waals surface area contributed by atoms with Crippen LogP contribution in [0.3, 0.4) is 0 Å². The van der Waals surface area contributed by atoms with Gasteiger partial charge in [-0.2, -0.15) is 10.4 Å². The number of amides is 1. The number of rotatable bonds is 8. The Morgan fingerprint density at radius 2 is 2.24 bits per heavy atom. The topological polar surface area (TPSA) is 143 Å². The summed E-state index contributed by atoms with van der Waals surface area (Å²) in [5.41, 5.74) is 8.84. The molecule has 1 amide bonds. The van der Waals surface area contributed by atoms with Crippen molar-refractivity contribution < 1.29 is 14.1 Å². The standard InChI is InChI=1S/C20H22N6O3/c1-12-17(13(2)29-26-12)11-28-15-6-3-5-14(9-15)20(27)23-8-4-7-18-16(10-21)19(22)25-24-18/h3,5-6,9H,4,7-8,11H2,1-2H3,(H,23,27)(H3,22,24,25). The Kier molecular flexibility index (Phi) is 6.14. The van der Waals surface area contributed by atoms with Crippen LogP contribution in [0.15, 0.2) is 28.8 Å². The number of aromatic nitrogens is 3. The summed E-state index contributed by atoms with van der Waals surface area (Å²) in [5, 5.41) is 22.4. The van der Waals surface area contributed by atoms with Crippen LogP contribution in [0.2, 0.25) is 0 Å². The van der Waals surface area contributed by atoms with Gasteiger partial charge in [-0.3, -0.25) is 9.89 Å². The van der Waals surface area contributed by atoms with Crippen molar-refractivity contribution in [2.75, 3.05) is 12.3 Å². The van der Waals surface area contributed by atoms with Crippen molar-refractivity contribution in [3.05, 3.63) is 58.1 Å². The number of aryl methyl sites for hydroxylation is 3. The third-order valence-electron chi connectivity index (χ3n) is 4.53. The number of carbonyl (C=O) groups is 1. The van der Waals surface area contributed by atoms with Crippen molar-refractivity contribution in [1.82, 2.24) is 20.7 Å². The third kappa shape index (κ3) is 4.73. The van der Waals surface area contributed by atoms with E-state index in [1.807, 2.05) is 19.9 Å². The highest BCUT2D eigenvalue weighted by Crippen LogP contribution is 2.18. The molecule has 150 valence electrons. The van der Waals surface area contributed by atoms with Gasteiger partial charge in [-0.1, -0.05) is 11.2 Å². The molecule has 0 spiro atoms. The summed E-state index contributed by atoms with van der Waals surface area (Å²) in [6, 6.07) is 9.00. The summed E-state index contributed by atoms with van der Waals surface area (Å²) in [7, 11) is 0. The molecule has 9 nitrogen and oxygen atoms in total. The zero-order valence-corrected chi connectivity index (χ0v) is 16.3. The van der Waals surface area contributed by atoms with Gasteiger partial charge in [-0.05, 0) is 44.9 Å². The molecule has 0 radical (unpaired) electrons. The van der Waals surface area contributed by atoms with E-state index in [9.17, 15) is 4.79 Å². The van der Waals surface area contributed by atoms with Crippen LogP contribution in [-0.4, -0.2) is 27.8 Å². The van der Waals surface area contributed by atoms with E-state index in [0.717, 1.165) is 17.0 Å². The van der Waals surface area contributed by atoms with Crippen LogP contribution in [-0.2, 0) is 13.0 Å². The summed E-state index contributed by atoms with van der Waals surface area (Å²) in [4.78, 5) is 12.4. The number of nitrogens with two attached hydrogens (primary N) is 1. The lowest BCUT2D eigenvalue weighted by Gasteiger charge is -2.09. The summed E-state index contributed by atoms with van der Waals surface area (Å²) in [6.45, 7) is 4.46. The number of nitrogens with one attached hydrogen (secondary N) is 2. The molecule has 0 bridgehead atoms. The van der Waals surface area contributed by atoms with Crippen molar-refractivity contribution in [3.8, 4) is 11.8 Å². The number of anilines is 1. The molecule has 0 unspecified atom stereocenters. The Balaban J connectivity index is 1.51. The van der Waals surface area contributed by atoms with Gasteiger partial charge in [-0.25, -0.2) is 0 Å². The van der Waals surface area contributed by atoms with Crippen molar-refractivity contribution in [1.29, 1.82) is 5.26 Å². The second-order valence-corrected chi connectivity index (χ2v) is 6.55. The molecule has 3 aromatic rings. The number of nitriles is 1. The number of carbonyl (C=O) groups excluding carboxylic acids is 1. The first kappa shape index (κ1) is 19.9. The Morgan fingerprint density at radius 3 is 2.97 bits per heavy atom. The summed E-state index contributed by atoms with van der Waals surface area (Å²) in [5.74, 6) is 1.30. The van der Waals surface area contributed by atoms with Crippen LogP contribution in [0.5, 0.6) is 5.75 Å². The molecule has 9 heteroatoms. The summed E-state index contributed by atoms with van der Waals surface area (Å²) < 4.78 is 10.9. The van der Waals surface area contributed by atoms with E-state index in [1.54, 1.807) is 24.3 Å². The predicted molar refractivity (Wildman–Crippen MR) is 105 cm³/mol. The molecular formula is C20H22N6O3. The van der Waals surface area contributed by atoms with Gasteiger partial charge < -0.3 is 20.3 Å². The minimum Gasteiger partial charge on any atom is -0.489 e. The van der Waals surface area contributed by atoms with Crippen molar-refractivity contribution in [3.63, 3.8) is 0 Å². The van der Waals surface area contributed by atoms with Crippen LogP contribution in [0.1, 0.15) is 45.1 Å². The number of nitrogen functional groups attached to an aromatic ring is 1. The normalized spacial score (nSPS) is 10.5. The van der Waals surface area contributed by atoms with Gasteiger partial charge in [0.2, 0.25) is 0 Å². The number of nitrogens with zero attached hydrogens (tertiary/aromatic N) is 3. The van der Waals surface area contributed by atoms with E-state index in [-0.39, 0.29) is 11.7 Å². The van der Waals surface area contributed by atoms with E-state index in [2.05, 4.69) is 20.7 Å². The molecule has 2 heterocycles. The number of H-pyrrole nitrogens is 1. The number of hydrogen-bond acceptors (Lipinski definition) is 7. The van der Waals surface area contributed by atoms with E-state index >= 15 is 0 Å². The number of aromatic amines is 1. The molecule has 29 heavy (non-hydrogen) atoms. The van der Waals surface area contributed by atoms with Crippen LogP contribution < -0.4 is 15.8 Å². The molecule has 3 rings (SSSR count). The summed E-state index contributed by atoms with van der Waals surface area (Å²) >= 11 is 0. The second-order valence-electron chi connectivity index (χ2n) is 6.55. The summed E-state index contributed by atoms with van der Waals surface area (Å²) in [6.07, 6.45) is 1.21. The molecule has 1 aromatic carbocycles. The molecule has 0 aliphatic heterocycles. The van der Waals surface area contributed by atoms with Crippen molar-refractivity contribution >= 4 is 11.7 Å². The van der Waals surface area contributed by atoms with Crippen molar-refractivity contribution in [2.45, 2.75) is 33.3 Å². The zero-order valence-electron chi connectivity index (χ0n) is 16.3. The maximum atomic E-state index is 12.4. The maximum Gasteiger partial charge on any atom is 0.251 e. The first-order valence-electron chi connectivity index (χ1n) is 9.15. The van der Waals surface area contributed by atoms with Crippen LogP contribution in [0.25, 0.3) is 0 Å². The van der Waals surface area contributed by atoms with Crippen molar-refractivity contribution in [2.24, 2.45) is 0 Å². The number of benzene rings is 1. The SMILES string of the molecule is Cc1noc(C)c1COc1cccc(C(=O)NCCCc2[nH]nc(N)c2C#N)c1. The third-order valence-corrected chi connectivity index (χ3v) is 4.53. The molecule has 0 saturated heterocycles. The average molecular weight is 394 g/mol. The molecule has 0 aliphatic rings. The monoisotopic (exact) mass is 394 g/mol. The minimum absolute atomic E-state index is 0.194. The maximum absolute atomic E-state index is 12.4. The van der Waals surface area contributed by atoms with Gasteiger partial charge in [-0.15, -0.1) is 0 Å². The fourth-order valence-corrected chi connectivity index (χ4v) is 2.86. The van der Waals surface area contributed by atoms with Crippen LogP contribution in [0, 0.1) is 25.2 Å². The van der Waals surface area contributed by atoms with E-state index in [1.165, 1.54) is 0 Å². The second kappa shape index (κ2) is 8.93. The van der Waals surface area contributed by atoms with Gasteiger partial charge in [0.25, 0.3) is 5.91 Å². The Hall–Kier alpha value is -3.80. The Morgan fingerprint density at radius 1 is 1.41 bits per heavy atom. The van der Waals surface area contributed by atoms with Crippen LogP contribution in [0.4, 0.5) is 5.82 Å². The molecule has 4 N–H and O–H groups in total. The largest absolute Gasteiger partial charge is 0.489 e. The minimum atomic E-state index is -0.197. The lowest BCUT2D eigenvalue weighted by Crippen LogP contribution is -2.24. The number of hydrogen-bond donors (Lipinski definition) is 3. The van der Waals surface area contributed by atoms with Gasteiger partial charge in [0, 0.05) is 12.1 Å². The van der Waals surface area contributed by atoms with Gasteiger partial charge in [0.1, 0.15) is 29.7 Å². The quantitative estimate of drug-likeness (QED) is 0.498. The molecule has 0 aliphatic carbocycles. The Bertz CT molecular complexity index is 1030. The predicted octanol–water partition coefficient (Wildman–Crippen LogP) is 2.41. The average Bonchev–Trinajstić information content (AvgIpc) is 3.24. The first-order valence-corrected chi connectivity index (χ1v) is 9.15. The van der Waals surface area contributed by atoms with Gasteiger partial charge in [0.05, 0.1) is 17.0 Å². The Labute approximate surface area is 167 Å². The zero-order chi connectivity index (χ0) is 20.8. The first-order chi connectivity index (χ1) is 14.0. The van der Waals surface area contributed by atoms with E-state index in [0.29, 0.717) is 48.6 Å². The lowest BCUT2D eigenvalue weighted by molar-refractivity contribution is 0.0952. The van der Waals surface area contributed by atoms with E-state index in [4.69, 9.17) is 20.3 Å². The molecule has 0 saturated carbocycles. The van der Waals surface area contributed by atoms with Gasteiger partial charge in [0.15, 0.2) is 5.82 Å². The van der Waals surface area contributed by atoms with E-state index < -0.39 is 0 Å². The smallest absolute Gasteiger partial charge is 0.251 e. The molecule has 0 fully saturated rings. The molecular weight excluding hydrogens is 372 g/mol.